The third-order valence-corrected chi connectivity index (χ3v) is 11.6. The molecule has 3 nitrogen and oxygen atoms in total. The van der Waals surface area contributed by atoms with Crippen LogP contribution in [0.4, 0.5) is 17.1 Å². The van der Waals surface area contributed by atoms with Gasteiger partial charge in [0.25, 0.3) is 0 Å². The molecule has 1 heterocycles. The summed E-state index contributed by atoms with van der Waals surface area (Å²) in [5.41, 5.74) is 16.8. The molecule has 11 rings (SSSR count). The second-order valence-electron chi connectivity index (χ2n) is 14.9. The lowest BCUT2D eigenvalue weighted by Gasteiger charge is -2.26. The van der Waals surface area contributed by atoms with E-state index in [4.69, 9.17) is 0 Å². The lowest BCUT2D eigenvalue weighted by molar-refractivity contribution is 0.104. The molecule has 0 aliphatic heterocycles. The van der Waals surface area contributed by atoms with Crippen molar-refractivity contribution < 1.29 is 4.79 Å². The van der Waals surface area contributed by atoms with Crippen molar-refractivity contribution >= 4 is 44.7 Å². The van der Waals surface area contributed by atoms with Gasteiger partial charge in [-0.3, -0.25) is 4.79 Å². The molecule has 0 saturated heterocycles. The highest BCUT2D eigenvalue weighted by Crippen LogP contribution is 2.45. The van der Waals surface area contributed by atoms with Crippen molar-refractivity contribution in [1.82, 2.24) is 4.57 Å². The van der Waals surface area contributed by atoms with Gasteiger partial charge in [-0.05, 0) is 105 Å². The van der Waals surface area contributed by atoms with Gasteiger partial charge in [-0.15, -0.1) is 0 Å². The molecule has 1 aliphatic carbocycles. The molecule has 0 bridgehead atoms. The number of aromatic nitrogens is 1. The van der Waals surface area contributed by atoms with Crippen molar-refractivity contribution in [2.45, 2.75) is 0 Å². The number of hydrogen-bond donors (Lipinski definition) is 0. The number of anilines is 3. The molecule has 0 atom stereocenters. The molecular formula is C55H36N2O. The van der Waals surface area contributed by atoms with Gasteiger partial charge in [-0.25, -0.2) is 0 Å². The smallest absolute Gasteiger partial charge is 0.196 e. The second kappa shape index (κ2) is 13.8. The molecule has 0 saturated carbocycles. The Bertz CT molecular complexity index is 3050. The summed E-state index contributed by atoms with van der Waals surface area (Å²) in [5.74, 6) is 0.0842. The van der Waals surface area contributed by atoms with E-state index in [2.05, 4.69) is 204 Å². The predicted molar refractivity (Wildman–Crippen MR) is 241 cm³/mol. The van der Waals surface area contributed by atoms with Gasteiger partial charge in [0.1, 0.15) is 0 Å². The summed E-state index contributed by atoms with van der Waals surface area (Å²) in [6.07, 6.45) is 0. The van der Waals surface area contributed by atoms with Crippen LogP contribution in [0.1, 0.15) is 15.9 Å². The zero-order valence-corrected chi connectivity index (χ0v) is 31.6. The summed E-state index contributed by atoms with van der Waals surface area (Å²) in [7, 11) is 0. The van der Waals surface area contributed by atoms with Crippen LogP contribution in [0.15, 0.2) is 218 Å². The van der Waals surface area contributed by atoms with Gasteiger partial charge in [-0.2, -0.15) is 0 Å². The molecule has 0 fully saturated rings. The summed E-state index contributed by atoms with van der Waals surface area (Å²) in [4.78, 5) is 16.4. The highest BCUT2D eigenvalue weighted by Gasteiger charge is 2.31. The Morgan fingerprint density at radius 3 is 1.34 bits per heavy atom. The minimum atomic E-state index is 0.0842. The van der Waals surface area contributed by atoms with E-state index in [9.17, 15) is 4.79 Å². The molecule has 0 radical (unpaired) electrons. The largest absolute Gasteiger partial charge is 0.311 e. The zero-order chi connectivity index (χ0) is 38.6. The average Bonchev–Trinajstić information content (AvgIpc) is 3.79. The highest BCUT2D eigenvalue weighted by molar-refractivity contribution is 6.29. The van der Waals surface area contributed by atoms with Crippen LogP contribution in [0.3, 0.4) is 0 Å². The number of carbonyl (C=O) groups is 1. The zero-order valence-electron chi connectivity index (χ0n) is 31.6. The Kier molecular flexibility index (Phi) is 7.97. The first-order chi connectivity index (χ1) is 28.7. The first-order valence-corrected chi connectivity index (χ1v) is 19.7. The molecule has 1 aliphatic rings. The van der Waals surface area contributed by atoms with Crippen LogP contribution in [0, 0.1) is 0 Å². The molecule has 9 aromatic carbocycles. The number of benzene rings is 9. The van der Waals surface area contributed by atoms with Crippen LogP contribution in [-0.2, 0) is 0 Å². The maximum atomic E-state index is 14.1. The number of rotatable bonds is 7. The molecule has 0 N–H and O–H groups in total. The van der Waals surface area contributed by atoms with E-state index in [0.29, 0.717) is 0 Å². The van der Waals surface area contributed by atoms with Crippen molar-refractivity contribution in [2.24, 2.45) is 0 Å². The topological polar surface area (TPSA) is 25.2 Å². The number of para-hydroxylation sites is 1. The Balaban J connectivity index is 1.01. The molecule has 272 valence electrons. The Morgan fingerprint density at radius 2 is 0.793 bits per heavy atom. The SMILES string of the molecule is O=C1c2ccccc2-c2ccc3c4cc(-c5ccc(N(c6ccc(-c7ccccc7)cc6)c6ccc(-c7ccccc7)cc6)cc5)ccc4n(-c4ccccc4)c3c21. The summed E-state index contributed by atoms with van der Waals surface area (Å²) in [6.45, 7) is 0. The molecule has 0 amide bonds. The quantitative estimate of drug-likeness (QED) is 0.163. The molecular weight excluding hydrogens is 705 g/mol. The monoisotopic (exact) mass is 740 g/mol. The number of ketones is 1. The van der Waals surface area contributed by atoms with Gasteiger partial charge in [0, 0.05) is 39.1 Å². The van der Waals surface area contributed by atoms with Crippen LogP contribution in [0.5, 0.6) is 0 Å². The lowest BCUT2D eigenvalue weighted by atomic mass is 9.99. The summed E-state index contributed by atoms with van der Waals surface area (Å²) in [5, 5.41) is 2.19. The van der Waals surface area contributed by atoms with E-state index in [-0.39, 0.29) is 5.78 Å². The highest BCUT2D eigenvalue weighted by atomic mass is 16.1. The minimum absolute atomic E-state index is 0.0842. The first-order valence-electron chi connectivity index (χ1n) is 19.7. The van der Waals surface area contributed by atoms with E-state index in [1.165, 1.54) is 22.3 Å². The van der Waals surface area contributed by atoms with Crippen molar-refractivity contribution in [3.8, 4) is 50.2 Å². The van der Waals surface area contributed by atoms with Crippen LogP contribution >= 0.6 is 0 Å². The molecule has 0 unspecified atom stereocenters. The fraction of sp³-hybridized carbons (Fsp3) is 0. The number of fused-ring (bicyclic) bond motifs is 7. The number of carbonyl (C=O) groups excluding carboxylic acids is 1. The van der Waals surface area contributed by atoms with E-state index in [0.717, 1.165) is 77.9 Å². The predicted octanol–water partition coefficient (Wildman–Crippen LogP) is 14.5. The van der Waals surface area contributed by atoms with Crippen molar-refractivity contribution in [2.75, 3.05) is 4.90 Å². The molecule has 58 heavy (non-hydrogen) atoms. The standard InChI is InChI=1S/C55H36N2O/c58-55-50-19-11-10-18-47(50)48-33-34-49-51-36-42(26-35-52(51)57(54(49)53(48)55)43-16-8-3-9-17-43)41-24-31-46(32-25-41)56(44-27-20-39(21-28-44)37-12-4-1-5-13-37)45-29-22-40(23-30-45)38-14-6-2-7-15-38/h1-36H. The van der Waals surface area contributed by atoms with Crippen LogP contribution in [-0.4, -0.2) is 10.4 Å². The maximum absolute atomic E-state index is 14.1. The fourth-order valence-corrected chi connectivity index (χ4v) is 8.76. The van der Waals surface area contributed by atoms with Gasteiger partial charge < -0.3 is 9.47 Å². The first kappa shape index (κ1) is 33.6. The molecule has 10 aromatic rings. The maximum Gasteiger partial charge on any atom is 0.196 e. The van der Waals surface area contributed by atoms with Crippen molar-refractivity contribution in [3.63, 3.8) is 0 Å². The normalized spacial score (nSPS) is 11.8. The minimum Gasteiger partial charge on any atom is -0.311 e. The van der Waals surface area contributed by atoms with E-state index < -0.39 is 0 Å². The fourth-order valence-electron chi connectivity index (χ4n) is 8.76. The van der Waals surface area contributed by atoms with E-state index in [1.807, 2.05) is 24.3 Å². The summed E-state index contributed by atoms with van der Waals surface area (Å²) < 4.78 is 2.27. The Hall–Kier alpha value is -7.75. The van der Waals surface area contributed by atoms with Gasteiger partial charge >= 0.3 is 0 Å². The Labute approximate surface area is 337 Å². The van der Waals surface area contributed by atoms with Crippen molar-refractivity contribution in [3.05, 3.63) is 230 Å². The summed E-state index contributed by atoms with van der Waals surface area (Å²) >= 11 is 0. The average molecular weight is 741 g/mol. The molecule has 3 heteroatoms. The second-order valence-corrected chi connectivity index (χ2v) is 14.9. The van der Waals surface area contributed by atoms with Crippen LogP contribution in [0.2, 0.25) is 0 Å². The summed E-state index contributed by atoms with van der Waals surface area (Å²) in [6, 6.07) is 76.9. The Morgan fingerprint density at radius 1 is 0.345 bits per heavy atom. The van der Waals surface area contributed by atoms with Crippen molar-refractivity contribution in [1.29, 1.82) is 0 Å². The van der Waals surface area contributed by atoms with E-state index >= 15 is 0 Å². The third kappa shape index (κ3) is 5.56. The van der Waals surface area contributed by atoms with Gasteiger partial charge in [-0.1, -0.05) is 158 Å². The molecule has 1 aromatic heterocycles. The van der Waals surface area contributed by atoms with Gasteiger partial charge in [0.05, 0.1) is 16.6 Å². The molecule has 0 spiro atoms. The number of nitrogens with zero attached hydrogens (tertiary/aromatic N) is 2. The van der Waals surface area contributed by atoms with Gasteiger partial charge in [0.15, 0.2) is 5.78 Å². The van der Waals surface area contributed by atoms with Gasteiger partial charge in [0.2, 0.25) is 0 Å². The van der Waals surface area contributed by atoms with Crippen LogP contribution in [0.25, 0.3) is 72.0 Å². The number of hydrogen-bond acceptors (Lipinski definition) is 2. The third-order valence-electron chi connectivity index (χ3n) is 11.6. The lowest BCUT2D eigenvalue weighted by Crippen LogP contribution is -2.09. The van der Waals surface area contributed by atoms with E-state index in [1.54, 1.807) is 0 Å². The van der Waals surface area contributed by atoms with Crippen LogP contribution < -0.4 is 4.90 Å².